The number of amides is 1. The molecule has 0 aromatic heterocycles. The zero-order valence-corrected chi connectivity index (χ0v) is 8.98. The normalized spacial score (nSPS) is 11.8. The van der Waals surface area contributed by atoms with Crippen LogP contribution in [0.25, 0.3) is 0 Å². The van der Waals surface area contributed by atoms with Gasteiger partial charge in [0.15, 0.2) is 6.04 Å². The van der Waals surface area contributed by atoms with Gasteiger partial charge in [-0.25, -0.2) is 9.59 Å². The van der Waals surface area contributed by atoms with Crippen LogP contribution >= 0.6 is 0 Å². The fraction of sp³-hybridized carbons (Fsp3) is 0.273. The first-order valence-corrected chi connectivity index (χ1v) is 4.93. The molecule has 6 nitrogen and oxygen atoms in total. The highest BCUT2D eigenvalue weighted by atomic mass is 16.4. The van der Waals surface area contributed by atoms with E-state index >= 15 is 0 Å². The third kappa shape index (κ3) is 3.46. The summed E-state index contributed by atoms with van der Waals surface area (Å²) in [7, 11) is 0. The van der Waals surface area contributed by atoms with Crippen molar-refractivity contribution in [2.45, 2.75) is 12.6 Å². The smallest absolute Gasteiger partial charge is 0.408 e. The van der Waals surface area contributed by atoms with E-state index in [1.54, 1.807) is 30.3 Å². The molecule has 1 aromatic carbocycles. The lowest BCUT2D eigenvalue weighted by Crippen LogP contribution is -2.46. The first-order valence-electron chi connectivity index (χ1n) is 4.93. The van der Waals surface area contributed by atoms with E-state index in [0.29, 0.717) is 10.5 Å². The largest absolute Gasteiger partial charge is 0.480 e. The zero-order valence-electron chi connectivity index (χ0n) is 8.98. The Morgan fingerprint density at radius 1 is 1.18 bits per heavy atom. The fourth-order valence-electron chi connectivity index (χ4n) is 1.40. The second kappa shape index (κ2) is 5.86. The van der Waals surface area contributed by atoms with Crippen LogP contribution in [-0.2, 0) is 11.3 Å². The maximum absolute atomic E-state index is 11.0. The van der Waals surface area contributed by atoms with E-state index in [2.05, 4.69) is 0 Å². The Bertz CT molecular complexity index is 392. The second-order valence-electron chi connectivity index (χ2n) is 3.43. The van der Waals surface area contributed by atoms with Crippen molar-refractivity contribution < 1.29 is 24.9 Å². The monoisotopic (exact) mass is 239 g/mol. The molecule has 0 bridgehead atoms. The van der Waals surface area contributed by atoms with Gasteiger partial charge in [-0.15, -0.1) is 0 Å². The minimum Gasteiger partial charge on any atom is -0.480 e. The number of carboxylic acid groups (broad SMARTS) is 2. The van der Waals surface area contributed by atoms with Crippen LogP contribution in [0.1, 0.15) is 5.56 Å². The molecule has 0 saturated heterocycles. The van der Waals surface area contributed by atoms with Gasteiger partial charge in [0.2, 0.25) is 0 Å². The third-order valence-electron chi connectivity index (χ3n) is 2.28. The summed E-state index contributed by atoms with van der Waals surface area (Å²) < 4.78 is 0. The van der Waals surface area contributed by atoms with E-state index in [0.717, 1.165) is 0 Å². The molecule has 0 aliphatic heterocycles. The highest BCUT2D eigenvalue weighted by molar-refractivity contribution is 5.79. The molecule has 0 aliphatic rings. The summed E-state index contributed by atoms with van der Waals surface area (Å²) in [6.45, 7) is -0.831. The van der Waals surface area contributed by atoms with Crippen molar-refractivity contribution in [2.24, 2.45) is 0 Å². The summed E-state index contributed by atoms with van der Waals surface area (Å²) in [6.07, 6.45) is -1.38. The van der Waals surface area contributed by atoms with Gasteiger partial charge in [0.1, 0.15) is 0 Å². The molecule has 17 heavy (non-hydrogen) atoms. The van der Waals surface area contributed by atoms with Crippen LogP contribution in [0.5, 0.6) is 0 Å². The fourth-order valence-corrected chi connectivity index (χ4v) is 1.40. The number of hydrogen-bond donors (Lipinski definition) is 3. The summed E-state index contributed by atoms with van der Waals surface area (Å²) >= 11 is 0. The molecule has 0 saturated carbocycles. The predicted octanol–water partition coefficient (Wildman–Crippen LogP) is 0.612. The summed E-state index contributed by atoms with van der Waals surface area (Å²) in [5.74, 6) is -1.37. The topological polar surface area (TPSA) is 98.1 Å². The van der Waals surface area contributed by atoms with Crippen molar-refractivity contribution in [1.82, 2.24) is 4.90 Å². The maximum atomic E-state index is 11.0. The molecule has 6 heteroatoms. The minimum atomic E-state index is -1.45. The van der Waals surface area contributed by atoms with Gasteiger partial charge < -0.3 is 15.3 Å². The van der Waals surface area contributed by atoms with Crippen molar-refractivity contribution in [1.29, 1.82) is 0 Å². The van der Waals surface area contributed by atoms with Crippen LogP contribution in [0.15, 0.2) is 30.3 Å². The molecule has 0 aliphatic carbocycles. The Balaban J connectivity index is 2.87. The summed E-state index contributed by atoms with van der Waals surface area (Å²) in [4.78, 5) is 22.5. The number of carboxylic acids is 1. The molecule has 0 radical (unpaired) electrons. The zero-order chi connectivity index (χ0) is 12.8. The molecule has 1 amide bonds. The Morgan fingerprint density at radius 2 is 1.76 bits per heavy atom. The van der Waals surface area contributed by atoms with E-state index < -0.39 is 24.7 Å². The molecular formula is C11H13NO5. The number of aliphatic carboxylic acids is 1. The van der Waals surface area contributed by atoms with Crippen molar-refractivity contribution in [3.05, 3.63) is 35.9 Å². The second-order valence-corrected chi connectivity index (χ2v) is 3.43. The molecule has 0 fully saturated rings. The van der Waals surface area contributed by atoms with Crippen LogP contribution < -0.4 is 0 Å². The highest BCUT2D eigenvalue weighted by Crippen LogP contribution is 2.09. The van der Waals surface area contributed by atoms with Gasteiger partial charge in [-0.05, 0) is 5.56 Å². The highest BCUT2D eigenvalue weighted by Gasteiger charge is 2.28. The van der Waals surface area contributed by atoms with Crippen molar-refractivity contribution in [2.75, 3.05) is 6.61 Å². The summed E-state index contributed by atoms with van der Waals surface area (Å²) in [5, 5.41) is 26.6. The summed E-state index contributed by atoms with van der Waals surface area (Å²) in [5.41, 5.74) is 0.662. The van der Waals surface area contributed by atoms with Crippen molar-refractivity contribution in [3.63, 3.8) is 0 Å². The quantitative estimate of drug-likeness (QED) is 0.699. The number of aliphatic hydroxyl groups excluding tert-OH is 1. The Morgan fingerprint density at radius 3 is 2.18 bits per heavy atom. The van der Waals surface area contributed by atoms with Gasteiger partial charge in [0.25, 0.3) is 0 Å². The first kappa shape index (κ1) is 13.0. The van der Waals surface area contributed by atoms with Crippen LogP contribution in [0.2, 0.25) is 0 Å². The number of aliphatic hydroxyl groups is 1. The lowest BCUT2D eigenvalue weighted by molar-refractivity contribution is -0.144. The molecule has 1 aromatic rings. The van der Waals surface area contributed by atoms with Gasteiger partial charge in [0.05, 0.1) is 13.2 Å². The Hall–Kier alpha value is -2.08. The molecule has 0 spiro atoms. The number of carbonyl (C=O) groups is 2. The molecular weight excluding hydrogens is 226 g/mol. The molecule has 0 unspecified atom stereocenters. The predicted molar refractivity (Wildman–Crippen MR) is 58.5 cm³/mol. The van der Waals surface area contributed by atoms with Crippen molar-refractivity contribution >= 4 is 12.1 Å². The molecule has 92 valence electrons. The van der Waals surface area contributed by atoms with E-state index in [1.165, 1.54) is 0 Å². The van der Waals surface area contributed by atoms with Crippen LogP contribution in [-0.4, -0.2) is 44.9 Å². The van der Waals surface area contributed by atoms with Crippen molar-refractivity contribution in [3.8, 4) is 0 Å². The minimum absolute atomic E-state index is 0.0757. The van der Waals surface area contributed by atoms with Crippen LogP contribution in [0.4, 0.5) is 4.79 Å². The van der Waals surface area contributed by atoms with Gasteiger partial charge in [-0.1, -0.05) is 30.3 Å². The summed E-state index contributed by atoms with van der Waals surface area (Å²) in [6, 6.07) is 7.15. The van der Waals surface area contributed by atoms with Gasteiger partial charge in [-0.2, -0.15) is 0 Å². The lowest BCUT2D eigenvalue weighted by atomic mass is 10.2. The molecule has 0 heterocycles. The van der Waals surface area contributed by atoms with Gasteiger partial charge >= 0.3 is 12.1 Å². The van der Waals surface area contributed by atoms with Gasteiger partial charge in [-0.3, -0.25) is 4.90 Å². The molecule has 1 atom stereocenters. The number of hydrogen-bond acceptors (Lipinski definition) is 3. The van der Waals surface area contributed by atoms with Crippen LogP contribution in [0, 0.1) is 0 Å². The number of rotatable bonds is 5. The van der Waals surface area contributed by atoms with E-state index in [9.17, 15) is 9.59 Å². The average molecular weight is 239 g/mol. The standard InChI is InChI=1S/C11H13NO5/c13-7-9(10(14)15)12(11(16)17)6-8-4-2-1-3-5-8/h1-5,9,13H,6-7H2,(H,14,15)(H,16,17)/t9-/m0/s1. The van der Waals surface area contributed by atoms with Crippen LogP contribution in [0.3, 0.4) is 0 Å². The van der Waals surface area contributed by atoms with E-state index in [1.807, 2.05) is 0 Å². The molecule has 3 N–H and O–H groups in total. The Kier molecular flexibility index (Phi) is 4.47. The third-order valence-corrected chi connectivity index (χ3v) is 2.28. The number of benzene rings is 1. The average Bonchev–Trinajstić information content (AvgIpc) is 2.29. The Labute approximate surface area is 97.7 Å². The molecule has 1 rings (SSSR count). The number of nitrogens with zero attached hydrogens (tertiary/aromatic N) is 1. The first-order chi connectivity index (χ1) is 8.06. The lowest BCUT2D eigenvalue weighted by Gasteiger charge is -2.24. The SMILES string of the molecule is O=C(O)[C@H](CO)N(Cc1ccccc1)C(=O)O. The van der Waals surface area contributed by atoms with Gasteiger partial charge in [0, 0.05) is 0 Å². The van der Waals surface area contributed by atoms with E-state index in [-0.39, 0.29) is 6.54 Å². The van der Waals surface area contributed by atoms with E-state index in [4.69, 9.17) is 15.3 Å². The maximum Gasteiger partial charge on any atom is 0.408 e.